The molecule has 2 N–H and O–H groups in total. The predicted molar refractivity (Wildman–Crippen MR) is 134 cm³/mol. The Morgan fingerprint density at radius 3 is 2.62 bits per heavy atom. The highest BCUT2D eigenvalue weighted by Crippen LogP contribution is 2.30. The Hall–Kier alpha value is -2.91. The van der Waals surface area contributed by atoms with Gasteiger partial charge in [-0.1, -0.05) is 42.0 Å². The van der Waals surface area contributed by atoms with Crippen molar-refractivity contribution in [3.8, 4) is 11.1 Å². The summed E-state index contributed by atoms with van der Waals surface area (Å²) in [5, 5.41) is 6.06. The molecule has 1 atom stereocenters. The second kappa shape index (κ2) is 10.1. The Labute approximate surface area is 201 Å². The van der Waals surface area contributed by atoms with Gasteiger partial charge in [0.2, 0.25) is 0 Å². The molecule has 6 nitrogen and oxygen atoms in total. The molecule has 176 valence electrons. The number of hydrogen-bond acceptors (Lipinski definition) is 6. The van der Waals surface area contributed by atoms with Gasteiger partial charge in [-0.3, -0.25) is 9.69 Å². The lowest BCUT2D eigenvalue weighted by atomic mass is 10.0. The van der Waals surface area contributed by atoms with Crippen molar-refractivity contribution in [1.29, 1.82) is 0 Å². The summed E-state index contributed by atoms with van der Waals surface area (Å²) in [6.45, 7) is 6.70. The van der Waals surface area contributed by atoms with E-state index in [4.69, 9.17) is 9.72 Å². The van der Waals surface area contributed by atoms with E-state index in [1.807, 2.05) is 5.38 Å². The fourth-order valence-electron chi connectivity index (χ4n) is 4.27. The van der Waals surface area contributed by atoms with Crippen molar-refractivity contribution in [2.75, 3.05) is 32.8 Å². The molecular formula is C26H27FN4O2S. The van der Waals surface area contributed by atoms with Gasteiger partial charge in [-0.2, -0.15) is 0 Å². The van der Waals surface area contributed by atoms with E-state index >= 15 is 0 Å². The molecule has 0 aliphatic carbocycles. The molecule has 0 bridgehead atoms. The standard InChI is InChI=1S/C26H27FN4O2S/c1-17-2-4-19(5-3-17)22(15-31-10-12-33-13-11-31)28-14-23-29-25(32)24-21(16-34-26(24)30-23)18-6-8-20(27)9-7-18/h2-9,16,22,28H,10-15H2,1H3,(H,29,30,32)/t22-/m1/s1. The molecule has 2 aromatic heterocycles. The van der Waals surface area contributed by atoms with Crippen molar-refractivity contribution < 1.29 is 9.13 Å². The summed E-state index contributed by atoms with van der Waals surface area (Å²) in [6, 6.07) is 14.8. The van der Waals surface area contributed by atoms with Crippen molar-refractivity contribution in [3.05, 3.63) is 87.0 Å². The smallest absolute Gasteiger partial charge is 0.260 e. The first-order valence-electron chi connectivity index (χ1n) is 11.4. The molecule has 1 fully saturated rings. The molecule has 34 heavy (non-hydrogen) atoms. The van der Waals surface area contributed by atoms with E-state index in [2.05, 4.69) is 46.4 Å². The van der Waals surface area contributed by atoms with E-state index < -0.39 is 0 Å². The van der Waals surface area contributed by atoms with Gasteiger partial charge in [0.25, 0.3) is 5.56 Å². The topological polar surface area (TPSA) is 70.2 Å². The fourth-order valence-corrected chi connectivity index (χ4v) is 5.23. The van der Waals surface area contributed by atoms with Crippen LogP contribution in [0.15, 0.2) is 58.7 Å². The van der Waals surface area contributed by atoms with Crippen LogP contribution in [0.3, 0.4) is 0 Å². The lowest BCUT2D eigenvalue weighted by molar-refractivity contribution is 0.0333. The minimum Gasteiger partial charge on any atom is -0.379 e. The molecule has 3 heterocycles. The summed E-state index contributed by atoms with van der Waals surface area (Å²) in [5.41, 5.74) is 3.83. The Morgan fingerprint density at radius 1 is 1.15 bits per heavy atom. The maximum atomic E-state index is 13.3. The number of fused-ring (bicyclic) bond motifs is 1. The number of ether oxygens (including phenoxy) is 1. The third-order valence-electron chi connectivity index (χ3n) is 6.19. The summed E-state index contributed by atoms with van der Waals surface area (Å²) in [5.74, 6) is 0.299. The fraction of sp³-hybridized carbons (Fsp3) is 0.308. The molecule has 8 heteroatoms. The molecule has 0 saturated carbocycles. The largest absolute Gasteiger partial charge is 0.379 e. The normalized spacial score (nSPS) is 15.6. The Morgan fingerprint density at radius 2 is 1.88 bits per heavy atom. The molecule has 0 amide bonds. The summed E-state index contributed by atoms with van der Waals surface area (Å²) >= 11 is 1.43. The molecule has 4 aromatic rings. The number of H-pyrrole nitrogens is 1. The average molecular weight is 479 g/mol. The molecule has 2 aromatic carbocycles. The molecule has 5 rings (SSSR count). The minimum absolute atomic E-state index is 0.0952. The van der Waals surface area contributed by atoms with Crippen LogP contribution in [-0.2, 0) is 11.3 Å². The number of morpholine rings is 1. The van der Waals surface area contributed by atoms with Gasteiger partial charge in [0, 0.05) is 36.6 Å². The summed E-state index contributed by atoms with van der Waals surface area (Å²) in [7, 11) is 0. The highest BCUT2D eigenvalue weighted by molar-refractivity contribution is 7.17. The van der Waals surface area contributed by atoms with Gasteiger partial charge in [0.1, 0.15) is 16.5 Å². The monoisotopic (exact) mass is 478 g/mol. The van der Waals surface area contributed by atoms with Gasteiger partial charge < -0.3 is 15.0 Å². The Balaban J connectivity index is 1.37. The number of nitrogens with one attached hydrogen (secondary N) is 2. The number of aromatic amines is 1. The summed E-state index contributed by atoms with van der Waals surface area (Å²) in [6.07, 6.45) is 0. The molecule has 1 aliphatic rings. The van der Waals surface area contributed by atoms with E-state index in [9.17, 15) is 9.18 Å². The highest BCUT2D eigenvalue weighted by atomic mass is 32.1. The number of aromatic nitrogens is 2. The van der Waals surface area contributed by atoms with Crippen LogP contribution in [0.4, 0.5) is 4.39 Å². The Bertz CT molecular complexity index is 1310. The third-order valence-corrected chi connectivity index (χ3v) is 7.06. The summed E-state index contributed by atoms with van der Waals surface area (Å²) < 4.78 is 18.8. The second-order valence-corrected chi connectivity index (χ2v) is 9.46. The van der Waals surface area contributed by atoms with Gasteiger partial charge in [-0.25, -0.2) is 9.37 Å². The van der Waals surface area contributed by atoms with Crippen molar-refractivity contribution in [2.45, 2.75) is 19.5 Å². The number of benzene rings is 2. The SMILES string of the molecule is Cc1ccc([C@@H](CN2CCOCC2)NCc2nc3scc(-c4ccc(F)cc4)c3c(=O)[nH]2)cc1. The van der Waals surface area contributed by atoms with E-state index in [1.54, 1.807) is 12.1 Å². The van der Waals surface area contributed by atoms with Gasteiger partial charge in [-0.05, 0) is 30.2 Å². The highest BCUT2D eigenvalue weighted by Gasteiger charge is 2.19. The number of halogens is 1. The Kier molecular flexibility index (Phi) is 6.82. The van der Waals surface area contributed by atoms with Crippen molar-refractivity contribution >= 4 is 21.6 Å². The molecule has 0 unspecified atom stereocenters. The average Bonchev–Trinajstić information content (AvgIpc) is 3.28. The van der Waals surface area contributed by atoms with E-state index in [-0.39, 0.29) is 17.4 Å². The predicted octanol–water partition coefficient (Wildman–Crippen LogP) is 4.26. The minimum atomic E-state index is -0.302. The van der Waals surface area contributed by atoms with Crippen LogP contribution in [-0.4, -0.2) is 47.7 Å². The maximum absolute atomic E-state index is 13.3. The first kappa shape index (κ1) is 22.9. The molecular weight excluding hydrogens is 451 g/mol. The number of nitrogens with zero attached hydrogens (tertiary/aromatic N) is 2. The molecule has 1 saturated heterocycles. The zero-order valence-electron chi connectivity index (χ0n) is 19.0. The van der Waals surface area contributed by atoms with Gasteiger partial charge in [0.05, 0.1) is 25.1 Å². The lowest BCUT2D eigenvalue weighted by Crippen LogP contribution is -2.42. The van der Waals surface area contributed by atoms with Crippen molar-refractivity contribution in [2.24, 2.45) is 0 Å². The molecule has 0 radical (unpaired) electrons. The lowest BCUT2D eigenvalue weighted by Gasteiger charge is -2.31. The van der Waals surface area contributed by atoms with Gasteiger partial charge in [0.15, 0.2) is 0 Å². The van der Waals surface area contributed by atoms with E-state index in [1.165, 1.54) is 34.6 Å². The maximum Gasteiger partial charge on any atom is 0.260 e. The third kappa shape index (κ3) is 5.10. The number of aryl methyl sites for hydroxylation is 1. The van der Waals surface area contributed by atoms with Crippen LogP contribution in [0.5, 0.6) is 0 Å². The van der Waals surface area contributed by atoms with Gasteiger partial charge >= 0.3 is 0 Å². The van der Waals surface area contributed by atoms with Gasteiger partial charge in [-0.15, -0.1) is 11.3 Å². The van der Waals surface area contributed by atoms with Crippen LogP contribution < -0.4 is 10.9 Å². The first-order valence-corrected chi connectivity index (χ1v) is 12.3. The number of thiophene rings is 1. The number of hydrogen-bond donors (Lipinski definition) is 2. The van der Waals surface area contributed by atoms with Crippen LogP contribution in [0.25, 0.3) is 21.3 Å². The van der Waals surface area contributed by atoms with E-state index in [0.29, 0.717) is 22.6 Å². The van der Waals surface area contributed by atoms with Crippen LogP contribution in [0.1, 0.15) is 23.0 Å². The van der Waals surface area contributed by atoms with Crippen molar-refractivity contribution in [1.82, 2.24) is 20.2 Å². The van der Waals surface area contributed by atoms with Crippen LogP contribution >= 0.6 is 11.3 Å². The zero-order chi connectivity index (χ0) is 23.5. The quantitative estimate of drug-likeness (QED) is 0.415. The second-order valence-electron chi connectivity index (χ2n) is 8.61. The van der Waals surface area contributed by atoms with Crippen LogP contribution in [0, 0.1) is 12.7 Å². The molecule has 1 aliphatic heterocycles. The van der Waals surface area contributed by atoms with Crippen LogP contribution in [0.2, 0.25) is 0 Å². The first-order chi connectivity index (χ1) is 16.6. The number of rotatable bonds is 7. The van der Waals surface area contributed by atoms with E-state index in [0.717, 1.165) is 44.0 Å². The molecule has 0 spiro atoms. The van der Waals surface area contributed by atoms with Crippen molar-refractivity contribution in [3.63, 3.8) is 0 Å². The zero-order valence-corrected chi connectivity index (χ0v) is 19.8. The summed E-state index contributed by atoms with van der Waals surface area (Å²) in [4.78, 5) is 23.7.